The molecule has 6 heteroatoms. The number of ether oxygens (including phenoxy) is 3. The molecule has 1 aliphatic carbocycles. The fourth-order valence-corrected chi connectivity index (χ4v) is 2.31. The molecule has 0 aromatic carbocycles. The Balaban J connectivity index is 2.49. The number of hydrogen-bond acceptors (Lipinski definition) is 6. The summed E-state index contributed by atoms with van der Waals surface area (Å²) in [7, 11) is 1.21. The van der Waals surface area contributed by atoms with Crippen molar-refractivity contribution in [3.8, 4) is 0 Å². The van der Waals surface area contributed by atoms with Gasteiger partial charge in [0.1, 0.15) is 0 Å². The van der Waals surface area contributed by atoms with Gasteiger partial charge < -0.3 is 14.2 Å². The molecule has 1 atom stereocenters. The second-order valence-corrected chi connectivity index (χ2v) is 5.28. The molecule has 0 spiro atoms. The highest BCUT2D eigenvalue weighted by molar-refractivity contribution is 5.91. The molecular formula is C16H24O6. The van der Waals surface area contributed by atoms with Crippen LogP contribution in [0, 0.1) is 5.92 Å². The van der Waals surface area contributed by atoms with Crippen molar-refractivity contribution in [2.45, 2.75) is 58.2 Å². The summed E-state index contributed by atoms with van der Waals surface area (Å²) in [5, 5.41) is 0. The number of esters is 3. The molecule has 0 heterocycles. The van der Waals surface area contributed by atoms with Crippen molar-refractivity contribution in [2.24, 2.45) is 5.92 Å². The number of carbonyl (C=O) groups is 3. The summed E-state index contributed by atoms with van der Waals surface area (Å²) < 4.78 is 14.8. The first-order valence-electron chi connectivity index (χ1n) is 7.74. The third kappa shape index (κ3) is 6.74. The predicted molar refractivity (Wildman–Crippen MR) is 78.6 cm³/mol. The number of methoxy groups -OCH3 is 1. The Morgan fingerprint density at radius 3 is 2.27 bits per heavy atom. The van der Waals surface area contributed by atoms with Gasteiger partial charge in [0.25, 0.3) is 0 Å². The van der Waals surface area contributed by atoms with E-state index in [0.29, 0.717) is 12.8 Å². The van der Waals surface area contributed by atoms with E-state index >= 15 is 0 Å². The Labute approximate surface area is 130 Å². The van der Waals surface area contributed by atoms with Gasteiger partial charge in [-0.15, -0.1) is 0 Å². The summed E-state index contributed by atoms with van der Waals surface area (Å²) in [6, 6.07) is 0. The summed E-state index contributed by atoms with van der Waals surface area (Å²) in [6.45, 7) is 1.90. The van der Waals surface area contributed by atoms with E-state index in [0.717, 1.165) is 44.3 Å². The van der Waals surface area contributed by atoms with Crippen LogP contribution in [0.1, 0.15) is 51.9 Å². The van der Waals surface area contributed by atoms with E-state index in [1.165, 1.54) is 7.11 Å². The van der Waals surface area contributed by atoms with E-state index in [4.69, 9.17) is 9.47 Å². The molecule has 0 aliphatic heterocycles. The van der Waals surface area contributed by atoms with E-state index < -0.39 is 18.2 Å². The molecule has 0 bridgehead atoms. The van der Waals surface area contributed by atoms with Crippen LogP contribution >= 0.6 is 0 Å². The predicted octanol–water partition coefficient (Wildman–Crippen LogP) is 2.51. The zero-order chi connectivity index (χ0) is 16.4. The van der Waals surface area contributed by atoms with Crippen LogP contribution in [0.5, 0.6) is 0 Å². The highest BCUT2D eigenvalue weighted by Crippen LogP contribution is 2.25. The summed E-state index contributed by atoms with van der Waals surface area (Å²) in [5.41, 5.74) is 0. The molecule has 1 fully saturated rings. The molecule has 0 aromatic rings. The Hall–Kier alpha value is -1.85. The van der Waals surface area contributed by atoms with Crippen LogP contribution in [0.4, 0.5) is 0 Å². The van der Waals surface area contributed by atoms with Crippen molar-refractivity contribution in [1.82, 2.24) is 0 Å². The largest absolute Gasteiger partial charge is 0.466 e. The molecular weight excluding hydrogens is 288 g/mol. The van der Waals surface area contributed by atoms with Gasteiger partial charge in [-0.1, -0.05) is 26.2 Å². The van der Waals surface area contributed by atoms with Crippen molar-refractivity contribution in [2.75, 3.05) is 7.11 Å². The van der Waals surface area contributed by atoms with E-state index in [-0.39, 0.29) is 11.9 Å². The Kier molecular flexibility index (Phi) is 8.25. The van der Waals surface area contributed by atoms with Crippen molar-refractivity contribution < 1.29 is 28.6 Å². The average molecular weight is 312 g/mol. The summed E-state index contributed by atoms with van der Waals surface area (Å²) in [4.78, 5) is 34.6. The van der Waals surface area contributed by atoms with Gasteiger partial charge in [0, 0.05) is 18.6 Å². The van der Waals surface area contributed by atoms with E-state index in [2.05, 4.69) is 4.74 Å². The van der Waals surface area contributed by atoms with E-state index in [1.807, 2.05) is 6.92 Å². The van der Waals surface area contributed by atoms with Crippen molar-refractivity contribution in [3.05, 3.63) is 12.2 Å². The molecule has 0 amide bonds. The molecule has 1 aliphatic rings. The second kappa shape index (κ2) is 9.97. The number of carbonyl (C=O) groups excluding carboxylic acids is 3. The van der Waals surface area contributed by atoms with Crippen LogP contribution in [-0.2, 0) is 28.6 Å². The van der Waals surface area contributed by atoms with Gasteiger partial charge in [0.05, 0.1) is 13.0 Å². The smallest absolute Gasteiger partial charge is 0.334 e. The van der Waals surface area contributed by atoms with Crippen LogP contribution < -0.4 is 0 Å². The van der Waals surface area contributed by atoms with Gasteiger partial charge in [-0.3, -0.25) is 4.79 Å². The number of hydrogen-bond donors (Lipinski definition) is 0. The van der Waals surface area contributed by atoms with E-state index in [1.54, 1.807) is 0 Å². The lowest BCUT2D eigenvalue weighted by molar-refractivity contribution is -0.189. The first kappa shape index (κ1) is 18.2. The molecule has 22 heavy (non-hydrogen) atoms. The third-order valence-electron chi connectivity index (χ3n) is 3.51. The molecule has 0 radical (unpaired) electrons. The van der Waals surface area contributed by atoms with Crippen LogP contribution in [0.3, 0.4) is 0 Å². The van der Waals surface area contributed by atoms with Gasteiger partial charge in [-0.05, 0) is 19.3 Å². The summed E-state index contributed by atoms with van der Waals surface area (Å²) in [5.74, 6) is -1.79. The Morgan fingerprint density at radius 2 is 1.68 bits per heavy atom. The fourth-order valence-electron chi connectivity index (χ4n) is 2.31. The minimum Gasteiger partial charge on any atom is -0.466 e. The molecule has 6 nitrogen and oxygen atoms in total. The molecule has 1 saturated carbocycles. The topological polar surface area (TPSA) is 78.9 Å². The number of rotatable bonds is 7. The first-order valence-corrected chi connectivity index (χ1v) is 7.74. The van der Waals surface area contributed by atoms with Crippen LogP contribution in [-0.4, -0.2) is 31.3 Å². The molecule has 0 saturated heterocycles. The lowest BCUT2D eigenvalue weighted by atomic mass is 9.89. The molecule has 1 rings (SSSR count). The minimum absolute atomic E-state index is 0.0996. The maximum absolute atomic E-state index is 12.1. The minimum atomic E-state index is -0.908. The summed E-state index contributed by atoms with van der Waals surface area (Å²) >= 11 is 0. The van der Waals surface area contributed by atoms with E-state index in [9.17, 15) is 14.4 Å². The zero-order valence-electron chi connectivity index (χ0n) is 13.2. The fraction of sp³-hybridized carbons (Fsp3) is 0.688. The third-order valence-corrected chi connectivity index (χ3v) is 3.51. The molecule has 1 unspecified atom stereocenters. The molecule has 0 aromatic heterocycles. The lowest BCUT2D eigenvalue weighted by Gasteiger charge is -2.23. The second-order valence-electron chi connectivity index (χ2n) is 5.28. The average Bonchev–Trinajstić information content (AvgIpc) is 2.53. The lowest BCUT2D eigenvalue weighted by Crippen LogP contribution is -2.29. The standard InChI is InChI=1S/C16H24O6/c1-3-7-15(21-14(18)11-10-13(17)20-2)22-16(19)12-8-5-4-6-9-12/h10-12,15H,3-9H2,1-2H3. The van der Waals surface area contributed by atoms with Crippen molar-refractivity contribution in [1.29, 1.82) is 0 Å². The highest BCUT2D eigenvalue weighted by atomic mass is 16.7. The van der Waals surface area contributed by atoms with Gasteiger partial charge >= 0.3 is 17.9 Å². The highest BCUT2D eigenvalue weighted by Gasteiger charge is 2.26. The SMILES string of the molecule is CCCC(OC(=O)C=CC(=O)OC)OC(=O)C1CCCCC1. The van der Waals surface area contributed by atoms with Crippen LogP contribution in [0.25, 0.3) is 0 Å². The Bertz CT molecular complexity index is 409. The van der Waals surface area contributed by atoms with Crippen molar-refractivity contribution >= 4 is 17.9 Å². The van der Waals surface area contributed by atoms with Crippen molar-refractivity contribution in [3.63, 3.8) is 0 Å². The van der Waals surface area contributed by atoms with Crippen LogP contribution in [0.2, 0.25) is 0 Å². The normalized spacial score (nSPS) is 17.0. The van der Waals surface area contributed by atoms with Gasteiger partial charge in [0.2, 0.25) is 6.29 Å². The maximum atomic E-state index is 12.1. The van der Waals surface area contributed by atoms with Gasteiger partial charge in [0.15, 0.2) is 0 Å². The van der Waals surface area contributed by atoms with Crippen LogP contribution in [0.15, 0.2) is 12.2 Å². The summed E-state index contributed by atoms with van der Waals surface area (Å²) in [6.07, 6.45) is 7.01. The quantitative estimate of drug-likeness (QED) is 0.408. The van der Waals surface area contributed by atoms with Gasteiger partial charge in [-0.2, -0.15) is 0 Å². The molecule has 0 N–H and O–H groups in total. The molecule has 124 valence electrons. The zero-order valence-corrected chi connectivity index (χ0v) is 13.2. The Morgan fingerprint density at radius 1 is 1.05 bits per heavy atom. The monoisotopic (exact) mass is 312 g/mol. The maximum Gasteiger partial charge on any atom is 0.334 e. The first-order chi connectivity index (χ1) is 10.6. The van der Waals surface area contributed by atoms with Gasteiger partial charge in [-0.25, -0.2) is 9.59 Å².